The van der Waals surface area contributed by atoms with Gasteiger partial charge in [-0.1, -0.05) is 19.3 Å². The fraction of sp³-hybridized carbons (Fsp3) is 0.600. The average molecular weight is 356 g/mol. The van der Waals surface area contributed by atoms with Gasteiger partial charge in [0.1, 0.15) is 0 Å². The Morgan fingerprint density at radius 1 is 0.696 bits per heavy atom. The third kappa shape index (κ3) is 4.99. The lowest BCUT2D eigenvalue weighted by molar-refractivity contribution is 0.248. The van der Waals surface area contributed by atoms with Crippen LogP contribution in [0.2, 0.25) is 12.6 Å². The topological polar surface area (TPSA) is 18.5 Å². The van der Waals surface area contributed by atoms with E-state index in [4.69, 9.17) is 8.85 Å². The van der Waals surface area contributed by atoms with Gasteiger partial charge in [0.15, 0.2) is 23.3 Å². The summed E-state index contributed by atoms with van der Waals surface area (Å²) in [6, 6.07) is 0.780. The van der Waals surface area contributed by atoms with Crippen LogP contribution in [0.1, 0.15) is 31.2 Å². The van der Waals surface area contributed by atoms with E-state index >= 15 is 0 Å². The van der Waals surface area contributed by atoms with E-state index in [-0.39, 0.29) is 6.42 Å². The van der Waals surface area contributed by atoms with Gasteiger partial charge in [0.05, 0.1) is 0 Å². The molecule has 0 saturated carbocycles. The molecule has 0 aliphatic heterocycles. The Hall–Kier alpha value is -0.993. The van der Waals surface area contributed by atoms with Crippen LogP contribution in [0.25, 0.3) is 0 Å². The molecule has 0 atom stereocenters. The maximum absolute atomic E-state index is 13.5. The zero-order valence-electron chi connectivity index (χ0n) is 13.4. The Balaban J connectivity index is 2.49. The van der Waals surface area contributed by atoms with Crippen molar-refractivity contribution in [2.75, 3.05) is 14.2 Å². The standard InChI is InChI=1S/C15H21F5O2Si/c1-21-23(3,22-2)9-7-5-4-6-8-10-11(16)13(18)15(20)14(19)12(10)17/h4-9H2,1-3H3. The van der Waals surface area contributed by atoms with Crippen molar-refractivity contribution in [2.45, 2.75) is 44.7 Å². The first-order valence-electron chi connectivity index (χ1n) is 7.38. The number of halogens is 5. The van der Waals surface area contributed by atoms with E-state index in [1.807, 2.05) is 6.55 Å². The van der Waals surface area contributed by atoms with Crippen LogP contribution in [0.15, 0.2) is 0 Å². The molecule has 0 aliphatic carbocycles. The van der Waals surface area contributed by atoms with E-state index in [9.17, 15) is 22.0 Å². The second-order valence-electron chi connectivity index (χ2n) is 5.50. The maximum Gasteiger partial charge on any atom is 0.334 e. The molecule has 0 heterocycles. The van der Waals surface area contributed by atoms with Crippen LogP contribution in [0, 0.1) is 29.1 Å². The molecule has 0 radical (unpaired) electrons. The van der Waals surface area contributed by atoms with E-state index in [2.05, 4.69) is 0 Å². The molecule has 0 saturated heterocycles. The van der Waals surface area contributed by atoms with Crippen molar-refractivity contribution < 1.29 is 30.8 Å². The van der Waals surface area contributed by atoms with Gasteiger partial charge in [-0.15, -0.1) is 0 Å². The summed E-state index contributed by atoms with van der Waals surface area (Å²) in [4.78, 5) is 0. The summed E-state index contributed by atoms with van der Waals surface area (Å²) < 4.78 is 76.6. The van der Waals surface area contributed by atoms with Crippen LogP contribution in [-0.4, -0.2) is 22.8 Å². The Kier molecular flexibility index (Phi) is 7.63. The molecule has 0 unspecified atom stereocenters. The van der Waals surface area contributed by atoms with Gasteiger partial charge in [-0.2, -0.15) is 0 Å². The summed E-state index contributed by atoms with van der Waals surface area (Å²) in [5.74, 6) is -9.37. The summed E-state index contributed by atoms with van der Waals surface area (Å²) in [6.07, 6.45) is 2.37. The van der Waals surface area contributed by atoms with Crippen LogP contribution in [0.4, 0.5) is 22.0 Å². The maximum atomic E-state index is 13.5. The van der Waals surface area contributed by atoms with Crippen molar-refractivity contribution in [3.63, 3.8) is 0 Å². The van der Waals surface area contributed by atoms with Crippen molar-refractivity contribution in [3.05, 3.63) is 34.6 Å². The van der Waals surface area contributed by atoms with Crippen molar-refractivity contribution in [2.24, 2.45) is 0 Å². The van der Waals surface area contributed by atoms with Gasteiger partial charge in [-0.3, -0.25) is 0 Å². The van der Waals surface area contributed by atoms with Crippen molar-refractivity contribution in [1.82, 2.24) is 0 Å². The molecule has 23 heavy (non-hydrogen) atoms. The molecule has 2 nitrogen and oxygen atoms in total. The number of hydrogen-bond donors (Lipinski definition) is 0. The fourth-order valence-electron chi connectivity index (χ4n) is 2.26. The van der Waals surface area contributed by atoms with Crippen LogP contribution < -0.4 is 0 Å². The molecular formula is C15H21F5O2Si. The Morgan fingerprint density at radius 2 is 1.13 bits per heavy atom. The van der Waals surface area contributed by atoms with Crippen LogP contribution in [-0.2, 0) is 15.3 Å². The summed E-state index contributed by atoms with van der Waals surface area (Å²) >= 11 is 0. The smallest absolute Gasteiger partial charge is 0.334 e. The summed E-state index contributed by atoms with van der Waals surface area (Å²) in [5.41, 5.74) is -0.741. The predicted molar refractivity (Wildman–Crippen MR) is 78.8 cm³/mol. The second kappa shape index (κ2) is 8.75. The molecule has 0 bridgehead atoms. The molecule has 1 aromatic rings. The molecule has 1 rings (SSSR count). The van der Waals surface area contributed by atoms with Gasteiger partial charge in [-0.25, -0.2) is 22.0 Å². The van der Waals surface area contributed by atoms with Crippen LogP contribution >= 0.6 is 0 Å². The zero-order chi connectivity index (χ0) is 17.6. The molecule has 0 amide bonds. The third-order valence-corrected chi connectivity index (χ3v) is 6.96. The zero-order valence-corrected chi connectivity index (χ0v) is 14.4. The summed E-state index contributed by atoms with van der Waals surface area (Å²) in [6.45, 7) is 1.93. The van der Waals surface area contributed by atoms with Gasteiger partial charge in [0, 0.05) is 19.8 Å². The normalized spacial score (nSPS) is 12.0. The lowest BCUT2D eigenvalue weighted by Crippen LogP contribution is -2.35. The van der Waals surface area contributed by atoms with E-state index in [1.54, 1.807) is 14.2 Å². The van der Waals surface area contributed by atoms with Crippen molar-refractivity contribution in [1.29, 1.82) is 0 Å². The lowest BCUT2D eigenvalue weighted by Gasteiger charge is -2.22. The van der Waals surface area contributed by atoms with Gasteiger partial charge >= 0.3 is 8.56 Å². The first kappa shape index (κ1) is 20.1. The Morgan fingerprint density at radius 3 is 1.61 bits per heavy atom. The van der Waals surface area contributed by atoms with Crippen molar-refractivity contribution >= 4 is 8.56 Å². The molecule has 0 fully saturated rings. The molecule has 0 aromatic heterocycles. The highest BCUT2D eigenvalue weighted by Gasteiger charge is 2.28. The predicted octanol–water partition coefficient (Wildman–Crippen LogP) is 4.85. The SMILES string of the molecule is CO[Si](C)(CCCCCCc1c(F)c(F)c(F)c(F)c1F)OC. The highest BCUT2D eigenvalue weighted by Crippen LogP contribution is 2.25. The van der Waals surface area contributed by atoms with E-state index in [0.29, 0.717) is 12.8 Å². The minimum absolute atomic E-state index is 0.185. The van der Waals surface area contributed by atoms with Crippen molar-refractivity contribution in [3.8, 4) is 0 Å². The molecule has 0 spiro atoms. The Labute approximate surface area is 133 Å². The molecule has 132 valence electrons. The molecule has 0 aliphatic rings. The minimum Gasteiger partial charge on any atom is -0.398 e. The van der Waals surface area contributed by atoms with E-state index in [1.165, 1.54) is 0 Å². The van der Waals surface area contributed by atoms with Gasteiger partial charge in [0.2, 0.25) is 5.82 Å². The van der Waals surface area contributed by atoms with E-state index in [0.717, 1.165) is 18.9 Å². The number of hydrogen-bond acceptors (Lipinski definition) is 2. The largest absolute Gasteiger partial charge is 0.398 e. The third-order valence-electron chi connectivity index (χ3n) is 3.97. The monoisotopic (exact) mass is 356 g/mol. The number of rotatable bonds is 9. The summed E-state index contributed by atoms with van der Waals surface area (Å²) in [7, 11) is 1.07. The highest BCUT2D eigenvalue weighted by molar-refractivity contribution is 6.65. The molecule has 1 aromatic carbocycles. The molecule has 0 N–H and O–H groups in total. The second-order valence-corrected chi connectivity index (χ2v) is 9.09. The fourth-order valence-corrected chi connectivity index (χ4v) is 3.73. The quantitative estimate of drug-likeness (QED) is 0.207. The molecule has 8 heteroatoms. The van der Waals surface area contributed by atoms with Crippen LogP contribution in [0.3, 0.4) is 0 Å². The van der Waals surface area contributed by atoms with E-state index < -0.39 is 43.2 Å². The number of unbranched alkanes of at least 4 members (excludes halogenated alkanes) is 3. The number of benzene rings is 1. The minimum atomic E-state index is -2.12. The first-order valence-corrected chi connectivity index (χ1v) is 9.90. The van der Waals surface area contributed by atoms with Gasteiger partial charge < -0.3 is 8.85 Å². The average Bonchev–Trinajstić information content (AvgIpc) is 2.56. The first-order chi connectivity index (χ1) is 10.8. The highest BCUT2D eigenvalue weighted by atomic mass is 28.4. The van der Waals surface area contributed by atoms with Gasteiger partial charge in [-0.05, 0) is 25.4 Å². The van der Waals surface area contributed by atoms with Crippen LogP contribution in [0.5, 0.6) is 0 Å². The molecular weight excluding hydrogens is 335 g/mol. The Bertz CT molecular complexity index is 506. The van der Waals surface area contributed by atoms with Gasteiger partial charge in [0.25, 0.3) is 0 Å². The lowest BCUT2D eigenvalue weighted by atomic mass is 10.0. The summed E-state index contributed by atoms with van der Waals surface area (Å²) in [5, 5.41) is 0.